The second-order valence-electron chi connectivity index (χ2n) is 4.81. The lowest BCUT2D eigenvalue weighted by atomic mass is 10.1. The van der Waals surface area contributed by atoms with Crippen LogP contribution in [-0.2, 0) is 9.59 Å². The first kappa shape index (κ1) is 12.0. The molecule has 5 heteroatoms. The number of rotatable bonds is 3. The van der Waals surface area contributed by atoms with Gasteiger partial charge in [-0.3, -0.25) is 9.59 Å². The minimum atomic E-state index is -0.253. The molecule has 0 radical (unpaired) electrons. The molecule has 1 atom stereocenters. The molecule has 0 bridgehead atoms. The van der Waals surface area contributed by atoms with E-state index in [0.29, 0.717) is 0 Å². The Morgan fingerprint density at radius 1 is 1.40 bits per heavy atom. The Morgan fingerprint density at radius 2 is 2.00 bits per heavy atom. The van der Waals surface area contributed by atoms with Crippen molar-refractivity contribution in [3.8, 4) is 0 Å². The van der Waals surface area contributed by atoms with Crippen molar-refractivity contribution >= 4 is 11.8 Å². The second-order valence-corrected chi connectivity index (χ2v) is 4.81. The van der Waals surface area contributed by atoms with Gasteiger partial charge in [0.05, 0.1) is 12.6 Å². The molecular weight excluding hydrogens is 194 g/mol. The van der Waals surface area contributed by atoms with Crippen LogP contribution in [0, 0.1) is 0 Å². The summed E-state index contributed by atoms with van der Waals surface area (Å²) < 4.78 is 0. The Kier molecular flexibility index (Phi) is 3.68. The molecule has 1 fully saturated rings. The fraction of sp³-hybridized carbons (Fsp3) is 0.800. The van der Waals surface area contributed by atoms with E-state index in [1.54, 1.807) is 0 Å². The first-order chi connectivity index (χ1) is 6.88. The van der Waals surface area contributed by atoms with Gasteiger partial charge in [-0.25, -0.2) is 0 Å². The van der Waals surface area contributed by atoms with Crippen molar-refractivity contribution in [2.24, 2.45) is 0 Å². The fourth-order valence-corrected chi connectivity index (χ4v) is 1.27. The first-order valence-corrected chi connectivity index (χ1v) is 5.20. The Bertz CT molecular complexity index is 254. The molecule has 86 valence electrons. The minimum absolute atomic E-state index is 0.0499. The van der Waals surface area contributed by atoms with Gasteiger partial charge in [-0.15, -0.1) is 0 Å². The molecule has 0 unspecified atom stereocenters. The Labute approximate surface area is 90.0 Å². The zero-order valence-electron chi connectivity index (χ0n) is 9.52. The lowest BCUT2D eigenvalue weighted by Crippen LogP contribution is -2.55. The quantitative estimate of drug-likeness (QED) is 0.585. The molecule has 1 aliphatic heterocycles. The molecule has 3 N–H and O–H groups in total. The van der Waals surface area contributed by atoms with Gasteiger partial charge in [0.1, 0.15) is 0 Å². The van der Waals surface area contributed by atoms with E-state index in [9.17, 15) is 9.59 Å². The third-order valence-electron chi connectivity index (χ3n) is 2.08. The van der Waals surface area contributed by atoms with Gasteiger partial charge >= 0.3 is 0 Å². The third-order valence-corrected chi connectivity index (χ3v) is 2.08. The van der Waals surface area contributed by atoms with E-state index in [1.807, 2.05) is 20.8 Å². The number of nitrogens with one attached hydrogen (secondary N) is 3. The average Bonchev–Trinajstić information content (AvgIpc) is 1.94. The largest absolute Gasteiger partial charge is 0.350 e. The predicted molar refractivity (Wildman–Crippen MR) is 57.3 cm³/mol. The Balaban J connectivity index is 2.18. The highest BCUT2D eigenvalue weighted by molar-refractivity contribution is 5.88. The normalized spacial score (nSPS) is 20.3. The van der Waals surface area contributed by atoms with Crippen LogP contribution in [0.4, 0.5) is 0 Å². The summed E-state index contributed by atoms with van der Waals surface area (Å²) in [7, 11) is 0. The summed E-state index contributed by atoms with van der Waals surface area (Å²) >= 11 is 0. The minimum Gasteiger partial charge on any atom is -0.350 e. The lowest BCUT2D eigenvalue weighted by molar-refractivity contribution is -0.128. The van der Waals surface area contributed by atoms with Crippen LogP contribution in [0.1, 0.15) is 27.2 Å². The first-order valence-electron chi connectivity index (χ1n) is 5.20. The number of hydrogen-bond acceptors (Lipinski definition) is 3. The summed E-state index contributed by atoms with van der Waals surface area (Å²) in [5.74, 6) is -0.250. The molecule has 0 aromatic heterocycles. The maximum Gasteiger partial charge on any atom is 0.239 e. The van der Waals surface area contributed by atoms with Crippen molar-refractivity contribution in [1.29, 1.82) is 0 Å². The van der Waals surface area contributed by atoms with Gasteiger partial charge in [0.25, 0.3) is 0 Å². The molecule has 5 nitrogen and oxygen atoms in total. The van der Waals surface area contributed by atoms with Gasteiger partial charge in [-0.05, 0) is 33.7 Å². The zero-order valence-corrected chi connectivity index (χ0v) is 9.52. The molecule has 0 spiro atoms. The predicted octanol–water partition coefficient (Wildman–Crippen LogP) is -0.621. The number of hydrogen-bond donors (Lipinski definition) is 3. The van der Waals surface area contributed by atoms with Crippen LogP contribution in [0.5, 0.6) is 0 Å². The molecule has 0 saturated carbocycles. The SMILES string of the molecule is CC(C)(C)NC(=O)CNC(=O)[C@H]1CCN1. The standard InChI is InChI=1S/C10H19N3O2/c1-10(2,3)13-8(14)6-12-9(15)7-4-5-11-7/h7,11H,4-6H2,1-3H3,(H,12,15)(H,13,14)/t7-/m1/s1. The Hall–Kier alpha value is -1.10. The smallest absolute Gasteiger partial charge is 0.239 e. The van der Waals surface area contributed by atoms with E-state index in [2.05, 4.69) is 16.0 Å². The fourth-order valence-electron chi connectivity index (χ4n) is 1.27. The maximum atomic E-state index is 11.3. The van der Waals surface area contributed by atoms with Crippen molar-refractivity contribution in [1.82, 2.24) is 16.0 Å². The Morgan fingerprint density at radius 3 is 2.40 bits per heavy atom. The van der Waals surface area contributed by atoms with Crippen molar-refractivity contribution in [3.63, 3.8) is 0 Å². The topological polar surface area (TPSA) is 70.2 Å². The van der Waals surface area contributed by atoms with E-state index < -0.39 is 0 Å². The summed E-state index contributed by atoms with van der Waals surface area (Å²) in [5, 5.41) is 8.34. The van der Waals surface area contributed by atoms with Gasteiger partial charge in [0, 0.05) is 5.54 Å². The summed E-state index contributed by atoms with van der Waals surface area (Å²) in [6.07, 6.45) is 0.854. The highest BCUT2D eigenvalue weighted by Gasteiger charge is 2.24. The molecular formula is C10H19N3O2. The van der Waals surface area contributed by atoms with E-state index in [0.717, 1.165) is 13.0 Å². The number of carbonyl (C=O) groups is 2. The lowest BCUT2D eigenvalue weighted by Gasteiger charge is -2.26. The zero-order chi connectivity index (χ0) is 11.5. The number of carbonyl (C=O) groups excluding carboxylic acids is 2. The summed E-state index contributed by atoms with van der Waals surface area (Å²) in [6, 6.07) is -0.104. The summed E-state index contributed by atoms with van der Waals surface area (Å²) in [6.45, 7) is 6.64. The van der Waals surface area contributed by atoms with Crippen LogP contribution in [0.3, 0.4) is 0 Å². The second kappa shape index (κ2) is 4.61. The van der Waals surface area contributed by atoms with E-state index in [1.165, 1.54) is 0 Å². The summed E-state index contributed by atoms with van der Waals surface area (Å²) in [5.41, 5.74) is -0.253. The van der Waals surface area contributed by atoms with Gasteiger partial charge in [0.2, 0.25) is 11.8 Å². The van der Waals surface area contributed by atoms with E-state index in [-0.39, 0.29) is 29.9 Å². The van der Waals surface area contributed by atoms with Crippen LogP contribution in [-0.4, -0.2) is 36.5 Å². The molecule has 0 aliphatic carbocycles. The molecule has 0 aromatic rings. The van der Waals surface area contributed by atoms with Crippen LogP contribution in [0.25, 0.3) is 0 Å². The van der Waals surface area contributed by atoms with Crippen molar-refractivity contribution in [2.75, 3.05) is 13.1 Å². The van der Waals surface area contributed by atoms with Crippen molar-refractivity contribution < 1.29 is 9.59 Å². The monoisotopic (exact) mass is 213 g/mol. The van der Waals surface area contributed by atoms with Crippen LogP contribution in [0.15, 0.2) is 0 Å². The molecule has 1 heterocycles. The summed E-state index contributed by atoms with van der Waals surface area (Å²) in [4.78, 5) is 22.7. The average molecular weight is 213 g/mol. The third kappa shape index (κ3) is 4.29. The molecule has 2 amide bonds. The number of amides is 2. The maximum absolute atomic E-state index is 11.3. The molecule has 1 rings (SSSR count). The van der Waals surface area contributed by atoms with Crippen molar-refractivity contribution in [3.05, 3.63) is 0 Å². The molecule has 0 aromatic carbocycles. The highest BCUT2D eigenvalue weighted by Crippen LogP contribution is 2.01. The van der Waals surface area contributed by atoms with Gasteiger partial charge in [0.15, 0.2) is 0 Å². The van der Waals surface area contributed by atoms with Gasteiger partial charge in [-0.1, -0.05) is 0 Å². The van der Waals surface area contributed by atoms with Crippen LogP contribution in [0.2, 0.25) is 0 Å². The molecule has 1 saturated heterocycles. The van der Waals surface area contributed by atoms with Gasteiger partial charge < -0.3 is 16.0 Å². The van der Waals surface area contributed by atoms with Gasteiger partial charge in [-0.2, -0.15) is 0 Å². The van der Waals surface area contributed by atoms with Crippen LogP contribution < -0.4 is 16.0 Å². The molecule has 15 heavy (non-hydrogen) atoms. The van der Waals surface area contributed by atoms with E-state index >= 15 is 0 Å². The van der Waals surface area contributed by atoms with Crippen molar-refractivity contribution in [2.45, 2.75) is 38.8 Å². The molecule has 1 aliphatic rings. The van der Waals surface area contributed by atoms with E-state index in [4.69, 9.17) is 0 Å². The highest BCUT2D eigenvalue weighted by atomic mass is 16.2. The van der Waals surface area contributed by atoms with Crippen LogP contribution >= 0.6 is 0 Å².